The number of primary amides is 1. The van der Waals surface area contributed by atoms with E-state index in [-0.39, 0.29) is 0 Å². The fraction of sp³-hybridized carbons (Fsp3) is 0.833. The Morgan fingerprint density at radius 1 is 1.80 bits per heavy atom. The molecule has 0 spiro atoms. The Balaban J connectivity index is 3.74. The van der Waals surface area contributed by atoms with Crippen LogP contribution < -0.4 is 5.73 Å². The lowest BCUT2D eigenvalue weighted by atomic mass is 10.2. The molecule has 0 aliphatic carbocycles. The Morgan fingerprint density at radius 3 is 2.60 bits per heavy atom. The Kier molecular flexibility index (Phi) is 3.15. The van der Waals surface area contributed by atoms with Crippen molar-refractivity contribution in [1.29, 1.82) is 0 Å². The Hall–Kier alpha value is -0.770. The molecule has 0 aliphatic heterocycles. The van der Waals surface area contributed by atoms with Crippen LogP contribution in [0.25, 0.3) is 0 Å². The molecule has 0 aliphatic rings. The van der Waals surface area contributed by atoms with Gasteiger partial charge >= 0.3 is 6.09 Å². The molecule has 60 valence electrons. The number of carbonyl (C=O) groups excluding carboxylic acids is 1. The minimum atomic E-state index is -1.40. The van der Waals surface area contributed by atoms with Crippen molar-refractivity contribution in [3.63, 3.8) is 0 Å². The number of aliphatic hydroxyl groups is 1. The molecule has 0 rings (SSSR count). The van der Waals surface area contributed by atoms with Crippen LogP contribution in [0.15, 0.2) is 0 Å². The normalized spacial score (nSPS) is 15.9. The van der Waals surface area contributed by atoms with Gasteiger partial charge in [-0.3, -0.25) is 0 Å². The molecule has 4 heteroatoms. The van der Waals surface area contributed by atoms with Gasteiger partial charge in [0, 0.05) is 13.3 Å². The van der Waals surface area contributed by atoms with E-state index >= 15 is 0 Å². The number of nitrogens with two attached hydrogens (primary N) is 1. The molecule has 0 aromatic carbocycles. The zero-order chi connectivity index (χ0) is 8.20. The minimum absolute atomic E-state index is 0.399. The lowest BCUT2D eigenvalue weighted by Crippen LogP contribution is -2.33. The summed E-state index contributed by atoms with van der Waals surface area (Å²) in [5, 5.41) is 9.16. The van der Waals surface area contributed by atoms with Gasteiger partial charge in [-0.1, -0.05) is 6.92 Å². The van der Waals surface area contributed by atoms with E-state index in [9.17, 15) is 4.79 Å². The van der Waals surface area contributed by atoms with Gasteiger partial charge in [-0.05, 0) is 6.42 Å². The van der Waals surface area contributed by atoms with Crippen molar-refractivity contribution in [2.24, 2.45) is 5.73 Å². The fourth-order valence-electron chi connectivity index (χ4n) is 0.732. The molecule has 0 radical (unpaired) electrons. The van der Waals surface area contributed by atoms with Gasteiger partial charge in [0.1, 0.15) is 0 Å². The molecule has 10 heavy (non-hydrogen) atoms. The molecule has 0 aromatic rings. The van der Waals surface area contributed by atoms with E-state index in [0.717, 1.165) is 6.42 Å². The Bertz CT molecular complexity index is 122. The van der Waals surface area contributed by atoms with Gasteiger partial charge in [0.05, 0.1) is 0 Å². The standard InChI is InChI=1S/C6H13NO3/c1-3-4-6(2,9)10-5(7)8/h9H,3-4H2,1-2H3,(H2,7,8). The Labute approximate surface area is 60.0 Å². The molecule has 0 bridgehead atoms. The molecule has 4 nitrogen and oxygen atoms in total. The van der Waals surface area contributed by atoms with Gasteiger partial charge in [0.15, 0.2) is 0 Å². The highest BCUT2D eigenvalue weighted by Crippen LogP contribution is 2.12. The Morgan fingerprint density at radius 2 is 2.30 bits per heavy atom. The maximum atomic E-state index is 10.1. The van der Waals surface area contributed by atoms with Crippen molar-refractivity contribution in [1.82, 2.24) is 0 Å². The summed E-state index contributed by atoms with van der Waals surface area (Å²) in [7, 11) is 0. The number of hydrogen-bond donors (Lipinski definition) is 2. The highest BCUT2D eigenvalue weighted by atomic mass is 16.7. The topological polar surface area (TPSA) is 72.6 Å². The molecule has 0 aromatic heterocycles. The maximum Gasteiger partial charge on any atom is 0.406 e. The summed E-state index contributed by atoms with van der Waals surface area (Å²) in [6.45, 7) is 3.28. The van der Waals surface area contributed by atoms with E-state index < -0.39 is 11.9 Å². The fourth-order valence-corrected chi connectivity index (χ4v) is 0.732. The first kappa shape index (κ1) is 9.23. The summed E-state index contributed by atoms with van der Waals surface area (Å²) in [6.07, 6.45) is 0.189. The largest absolute Gasteiger partial charge is 0.418 e. The average Bonchev–Trinajstić information content (AvgIpc) is 1.59. The van der Waals surface area contributed by atoms with E-state index in [1.807, 2.05) is 6.92 Å². The van der Waals surface area contributed by atoms with Gasteiger partial charge in [-0.25, -0.2) is 4.79 Å². The summed E-state index contributed by atoms with van der Waals surface area (Å²) in [6, 6.07) is 0. The number of carbonyl (C=O) groups is 1. The summed E-state index contributed by atoms with van der Waals surface area (Å²) < 4.78 is 4.37. The molecule has 0 saturated carbocycles. The molecular weight excluding hydrogens is 134 g/mol. The van der Waals surface area contributed by atoms with Crippen LogP contribution in [0.4, 0.5) is 4.79 Å². The third-order valence-electron chi connectivity index (χ3n) is 1.03. The summed E-state index contributed by atoms with van der Waals surface area (Å²) >= 11 is 0. The number of hydrogen-bond acceptors (Lipinski definition) is 3. The van der Waals surface area contributed by atoms with Gasteiger partial charge < -0.3 is 15.6 Å². The zero-order valence-electron chi connectivity index (χ0n) is 6.26. The highest BCUT2D eigenvalue weighted by Gasteiger charge is 2.22. The second kappa shape index (κ2) is 3.41. The lowest BCUT2D eigenvalue weighted by Gasteiger charge is -2.20. The van der Waals surface area contributed by atoms with Gasteiger partial charge in [0.25, 0.3) is 0 Å². The van der Waals surface area contributed by atoms with Crippen LogP contribution in [0.3, 0.4) is 0 Å². The molecule has 0 fully saturated rings. The van der Waals surface area contributed by atoms with Gasteiger partial charge in [-0.2, -0.15) is 0 Å². The van der Waals surface area contributed by atoms with E-state index in [4.69, 9.17) is 5.11 Å². The molecule has 1 atom stereocenters. The van der Waals surface area contributed by atoms with Crippen molar-refractivity contribution in [2.45, 2.75) is 32.5 Å². The zero-order valence-corrected chi connectivity index (χ0v) is 6.26. The van der Waals surface area contributed by atoms with E-state index in [2.05, 4.69) is 10.5 Å². The van der Waals surface area contributed by atoms with Crippen molar-refractivity contribution >= 4 is 6.09 Å². The predicted molar refractivity (Wildman–Crippen MR) is 36.2 cm³/mol. The lowest BCUT2D eigenvalue weighted by molar-refractivity contribution is -0.149. The molecule has 1 unspecified atom stereocenters. The third-order valence-corrected chi connectivity index (χ3v) is 1.03. The smallest absolute Gasteiger partial charge is 0.406 e. The van der Waals surface area contributed by atoms with Crippen LogP contribution in [0, 0.1) is 0 Å². The predicted octanol–water partition coefficient (Wildman–Crippen LogP) is 0.590. The summed E-state index contributed by atoms with van der Waals surface area (Å²) in [5.74, 6) is -1.40. The first-order chi connectivity index (χ1) is 4.48. The van der Waals surface area contributed by atoms with Crippen LogP contribution in [0.2, 0.25) is 0 Å². The monoisotopic (exact) mass is 147 g/mol. The molecule has 1 amide bonds. The number of amides is 1. The average molecular weight is 147 g/mol. The van der Waals surface area contributed by atoms with E-state index in [0.29, 0.717) is 6.42 Å². The van der Waals surface area contributed by atoms with Gasteiger partial charge in [0.2, 0.25) is 5.79 Å². The maximum absolute atomic E-state index is 10.1. The van der Waals surface area contributed by atoms with Crippen molar-refractivity contribution < 1.29 is 14.6 Å². The van der Waals surface area contributed by atoms with Crippen LogP contribution in [-0.2, 0) is 4.74 Å². The summed E-state index contributed by atoms with van der Waals surface area (Å²) in [5.41, 5.74) is 4.69. The highest BCUT2D eigenvalue weighted by molar-refractivity contribution is 5.64. The van der Waals surface area contributed by atoms with Crippen molar-refractivity contribution in [2.75, 3.05) is 0 Å². The van der Waals surface area contributed by atoms with Crippen LogP contribution in [0.5, 0.6) is 0 Å². The van der Waals surface area contributed by atoms with Crippen molar-refractivity contribution in [3.05, 3.63) is 0 Å². The van der Waals surface area contributed by atoms with Gasteiger partial charge in [-0.15, -0.1) is 0 Å². The second-order valence-corrected chi connectivity index (χ2v) is 2.35. The van der Waals surface area contributed by atoms with Crippen LogP contribution >= 0.6 is 0 Å². The van der Waals surface area contributed by atoms with Crippen LogP contribution in [-0.4, -0.2) is 17.0 Å². The SMILES string of the molecule is CCCC(C)(O)OC(N)=O. The van der Waals surface area contributed by atoms with Crippen molar-refractivity contribution in [3.8, 4) is 0 Å². The molecule has 0 heterocycles. The second-order valence-electron chi connectivity index (χ2n) is 2.35. The van der Waals surface area contributed by atoms with E-state index in [1.54, 1.807) is 0 Å². The first-order valence-electron chi connectivity index (χ1n) is 3.19. The van der Waals surface area contributed by atoms with E-state index in [1.165, 1.54) is 6.92 Å². The number of ether oxygens (including phenoxy) is 1. The number of rotatable bonds is 3. The molecule has 0 saturated heterocycles. The first-order valence-corrected chi connectivity index (χ1v) is 3.19. The molecular formula is C6H13NO3. The summed E-state index contributed by atoms with van der Waals surface area (Å²) in [4.78, 5) is 10.1. The quantitative estimate of drug-likeness (QED) is 0.574. The minimum Gasteiger partial charge on any atom is -0.418 e. The van der Waals surface area contributed by atoms with Crippen LogP contribution in [0.1, 0.15) is 26.7 Å². The third kappa shape index (κ3) is 4.14. The molecule has 3 N–H and O–H groups in total.